The number of hydrogen-bond donors (Lipinski definition) is 2. The molecule has 1 aliphatic heterocycles. The highest BCUT2D eigenvalue weighted by molar-refractivity contribution is 5.62. The Morgan fingerprint density at radius 1 is 1.23 bits per heavy atom. The number of anilines is 1. The molecule has 3 rings (SSSR count). The van der Waals surface area contributed by atoms with Crippen LogP contribution in [0.25, 0.3) is 5.69 Å². The number of aliphatic carboxylic acids is 1. The third-order valence-corrected chi connectivity index (χ3v) is 3.25. The summed E-state index contributed by atoms with van der Waals surface area (Å²) in [6.45, 7) is 7.29. The van der Waals surface area contributed by atoms with Crippen LogP contribution in [0.2, 0.25) is 0 Å². The molecule has 2 aromatic rings. The van der Waals surface area contributed by atoms with Gasteiger partial charge in [0.1, 0.15) is 5.82 Å². The number of carboxylic acid groups (broad SMARTS) is 1. The number of nitrogens with zero attached hydrogens (tertiary/aromatic N) is 3. The van der Waals surface area contributed by atoms with Crippen LogP contribution in [0.15, 0.2) is 36.4 Å². The molecule has 2 heterocycles. The molecule has 0 unspecified atom stereocenters. The molecule has 0 atom stereocenters. The quantitative estimate of drug-likeness (QED) is 0.883. The number of carboxylic acids is 1. The van der Waals surface area contributed by atoms with Gasteiger partial charge in [-0.2, -0.15) is 5.10 Å². The van der Waals surface area contributed by atoms with Gasteiger partial charge in [-0.1, -0.05) is 18.2 Å². The number of piperazine rings is 1. The van der Waals surface area contributed by atoms with E-state index in [2.05, 4.69) is 33.5 Å². The van der Waals surface area contributed by atoms with Gasteiger partial charge in [-0.3, -0.25) is 4.79 Å². The fourth-order valence-corrected chi connectivity index (χ4v) is 2.36. The minimum absolute atomic E-state index is 0.833. The lowest BCUT2D eigenvalue weighted by Crippen LogP contribution is -2.44. The van der Waals surface area contributed by atoms with E-state index in [1.807, 2.05) is 29.8 Å². The number of aromatic nitrogens is 2. The molecule has 118 valence electrons. The molecule has 1 aromatic carbocycles. The molecule has 0 aliphatic carbocycles. The van der Waals surface area contributed by atoms with E-state index in [4.69, 9.17) is 9.90 Å². The van der Waals surface area contributed by atoms with Crippen LogP contribution in [-0.2, 0) is 4.79 Å². The van der Waals surface area contributed by atoms with Crippen molar-refractivity contribution in [3.05, 3.63) is 42.1 Å². The topological polar surface area (TPSA) is 70.4 Å². The predicted octanol–water partition coefficient (Wildman–Crippen LogP) is 1.68. The summed E-state index contributed by atoms with van der Waals surface area (Å²) in [7, 11) is 0. The van der Waals surface area contributed by atoms with E-state index in [0.29, 0.717) is 0 Å². The van der Waals surface area contributed by atoms with Crippen molar-refractivity contribution in [3.63, 3.8) is 0 Å². The molecule has 1 aliphatic rings. The Morgan fingerprint density at radius 2 is 1.82 bits per heavy atom. The van der Waals surface area contributed by atoms with E-state index >= 15 is 0 Å². The second-order valence-electron chi connectivity index (χ2n) is 5.15. The zero-order valence-electron chi connectivity index (χ0n) is 13.0. The Morgan fingerprint density at radius 3 is 2.41 bits per heavy atom. The minimum atomic E-state index is -0.833. The van der Waals surface area contributed by atoms with E-state index in [9.17, 15) is 0 Å². The van der Waals surface area contributed by atoms with Crippen molar-refractivity contribution in [2.45, 2.75) is 13.8 Å². The van der Waals surface area contributed by atoms with Gasteiger partial charge in [0.25, 0.3) is 5.97 Å². The van der Waals surface area contributed by atoms with Crippen molar-refractivity contribution in [1.82, 2.24) is 15.1 Å². The van der Waals surface area contributed by atoms with Gasteiger partial charge >= 0.3 is 0 Å². The van der Waals surface area contributed by atoms with Crippen LogP contribution in [0.4, 0.5) is 5.82 Å². The van der Waals surface area contributed by atoms with Crippen molar-refractivity contribution in [3.8, 4) is 5.69 Å². The standard InChI is InChI=1S/C14H18N4.C2H4O2/c1-12-11-14(17-9-7-15-8-10-17)18(16-12)13-5-3-2-4-6-13;1-2(3)4/h2-6,11,15H,7-10H2,1H3;1H3,(H,3,4). The zero-order chi connectivity index (χ0) is 15.9. The van der Waals surface area contributed by atoms with Crippen LogP contribution in [-0.4, -0.2) is 47.0 Å². The van der Waals surface area contributed by atoms with Gasteiger partial charge in [0.05, 0.1) is 11.4 Å². The number of hydrogen-bond acceptors (Lipinski definition) is 4. The largest absolute Gasteiger partial charge is 0.481 e. The predicted molar refractivity (Wildman–Crippen MR) is 86.7 cm³/mol. The smallest absolute Gasteiger partial charge is 0.300 e. The number of aryl methyl sites for hydroxylation is 1. The van der Waals surface area contributed by atoms with Gasteiger partial charge in [0, 0.05) is 39.2 Å². The van der Waals surface area contributed by atoms with Gasteiger partial charge in [-0.05, 0) is 19.1 Å². The van der Waals surface area contributed by atoms with Gasteiger partial charge in [-0.25, -0.2) is 4.68 Å². The summed E-state index contributed by atoms with van der Waals surface area (Å²) in [5, 5.41) is 15.4. The van der Waals surface area contributed by atoms with Crippen molar-refractivity contribution < 1.29 is 9.90 Å². The summed E-state index contributed by atoms with van der Waals surface area (Å²) in [6, 6.07) is 12.5. The molecule has 1 saturated heterocycles. The van der Waals surface area contributed by atoms with Crippen LogP contribution >= 0.6 is 0 Å². The van der Waals surface area contributed by atoms with Crippen molar-refractivity contribution in [2.75, 3.05) is 31.1 Å². The number of para-hydroxylation sites is 1. The minimum Gasteiger partial charge on any atom is -0.481 e. The number of carbonyl (C=O) groups is 1. The molecule has 0 spiro atoms. The first-order chi connectivity index (χ1) is 10.6. The van der Waals surface area contributed by atoms with Crippen LogP contribution in [0.1, 0.15) is 12.6 Å². The Hall–Kier alpha value is -2.34. The molecule has 1 fully saturated rings. The summed E-state index contributed by atoms with van der Waals surface area (Å²) in [5.74, 6) is 0.361. The Bertz CT molecular complexity index is 600. The maximum atomic E-state index is 9.00. The Labute approximate surface area is 130 Å². The second kappa shape index (κ2) is 7.61. The van der Waals surface area contributed by atoms with Crippen LogP contribution in [0.3, 0.4) is 0 Å². The van der Waals surface area contributed by atoms with Crippen LogP contribution < -0.4 is 10.2 Å². The molecule has 0 amide bonds. The van der Waals surface area contributed by atoms with Gasteiger partial charge in [0.15, 0.2) is 0 Å². The highest BCUT2D eigenvalue weighted by atomic mass is 16.4. The lowest BCUT2D eigenvalue weighted by Gasteiger charge is -2.29. The third kappa shape index (κ3) is 4.33. The van der Waals surface area contributed by atoms with E-state index in [-0.39, 0.29) is 0 Å². The van der Waals surface area contributed by atoms with E-state index in [0.717, 1.165) is 44.5 Å². The summed E-state index contributed by atoms with van der Waals surface area (Å²) in [6.07, 6.45) is 0. The maximum absolute atomic E-state index is 9.00. The first-order valence-corrected chi connectivity index (χ1v) is 7.35. The summed E-state index contributed by atoms with van der Waals surface area (Å²) < 4.78 is 2.04. The molecule has 6 heteroatoms. The molecule has 6 nitrogen and oxygen atoms in total. The molecule has 0 radical (unpaired) electrons. The summed E-state index contributed by atoms with van der Waals surface area (Å²) in [5.41, 5.74) is 2.19. The average molecular weight is 302 g/mol. The lowest BCUT2D eigenvalue weighted by molar-refractivity contribution is -0.134. The normalized spacial score (nSPS) is 14.2. The van der Waals surface area contributed by atoms with E-state index in [1.165, 1.54) is 5.82 Å². The van der Waals surface area contributed by atoms with Gasteiger partial charge in [-0.15, -0.1) is 0 Å². The van der Waals surface area contributed by atoms with E-state index in [1.54, 1.807) is 0 Å². The fraction of sp³-hybridized carbons (Fsp3) is 0.375. The number of rotatable bonds is 2. The number of benzene rings is 1. The molecule has 22 heavy (non-hydrogen) atoms. The first kappa shape index (κ1) is 16.0. The Kier molecular flexibility index (Phi) is 5.55. The number of nitrogens with one attached hydrogen (secondary N) is 1. The fourth-order valence-electron chi connectivity index (χ4n) is 2.36. The SMILES string of the molecule is CC(=O)O.Cc1cc(N2CCNCC2)n(-c2ccccc2)n1. The maximum Gasteiger partial charge on any atom is 0.300 e. The van der Waals surface area contributed by atoms with Gasteiger partial charge in [0.2, 0.25) is 0 Å². The Balaban J connectivity index is 0.000000396. The first-order valence-electron chi connectivity index (χ1n) is 7.35. The highest BCUT2D eigenvalue weighted by Gasteiger charge is 2.16. The average Bonchev–Trinajstić information content (AvgIpc) is 2.90. The van der Waals surface area contributed by atoms with Crippen molar-refractivity contribution in [1.29, 1.82) is 0 Å². The lowest BCUT2D eigenvalue weighted by atomic mass is 10.3. The van der Waals surface area contributed by atoms with Crippen molar-refractivity contribution >= 4 is 11.8 Å². The van der Waals surface area contributed by atoms with E-state index < -0.39 is 5.97 Å². The monoisotopic (exact) mass is 302 g/mol. The second-order valence-corrected chi connectivity index (χ2v) is 5.15. The van der Waals surface area contributed by atoms with Crippen molar-refractivity contribution in [2.24, 2.45) is 0 Å². The molecular formula is C16H22N4O2. The molecular weight excluding hydrogens is 280 g/mol. The molecule has 0 bridgehead atoms. The zero-order valence-corrected chi connectivity index (χ0v) is 13.0. The van der Waals surface area contributed by atoms with Gasteiger partial charge < -0.3 is 15.3 Å². The van der Waals surface area contributed by atoms with Crippen LogP contribution in [0.5, 0.6) is 0 Å². The summed E-state index contributed by atoms with van der Waals surface area (Å²) in [4.78, 5) is 11.4. The molecule has 1 aromatic heterocycles. The molecule has 0 saturated carbocycles. The van der Waals surface area contributed by atoms with Crippen LogP contribution in [0, 0.1) is 6.92 Å². The highest BCUT2D eigenvalue weighted by Crippen LogP contribution is 2.21. The summed E-state index contributed by atoms with van der Waals surface area (Å²) >= 11 is 0. The third-order valence-electron chi connectivity index (χ3n) is 3.25. The molecule has 2 N–H and O–H groups in total.